The van der Waals surface area contributed by atoms with Crippen LogP contribution >= 0.6 is 11.3 Å². The van der Waals surface area contributed by atoms with Gasteiger partial charge < -0.3 is 5.32 Å². The largest absolute Gasteiger partial charge is 0.370 e. The molecule has 0 spiro atoms. The van der Waals surface area contributed by atoms with E-state index in [0.29, 0.717) is 23.8 Å². The minimum absolute atomic E-state index is 0.314. The lowest BCUT2D eigenvalue weighted by Crippen LogP contribution is -2.02. The maximum atomic E-state index is 13.3. The Labute approximate surface area is 118 Å². The summed E-state index contributed by atoms with van der Waals surface area (Å²) in [7, 11) is 0. The number of hydrogen-bond donors (Lipinski definition) is 1. The second-order valence-electron chi connectivity index (χ2n) is 4.22. The summed E-state index contributed by atoms with van der Waals surface area (Å²) >= 11 is 1.47. The third-order valence-electron chi connectivity index (χ3n) is 2.79. The molecule has 0 radical (unpaired) electrons. The highest BCUT2D eigenvalue weighted by molar-refractivity contribution is 7.16. The molecule has 6 heteroatoms. The quantitative estimate of drug-likeness (QED) is 0.790. The van der Waals surface area contributed by atoms with Crippen molar-refractivity contribution in [3.05, 3.63) is 41.3 Å². The molecule has 0 atom stereocenters. The number of anilines is 1. The molecule has 0 unspecified atom stereocenters. The third kappa shape index (κ3) is 2.34. The Kier molecular flexibility index (Phi) is 3.31. The number of nitrogens with zero attached hydrogens (tertiary/aromatic N) is 2. The van der Waals surface area contributed by atoms with Gasteiger partial charge >= 0.3 is 0 Å². The first-order valence-corrected chi connectivity index (χ1v) is 7.01. The molecule has 0 aliphatic carbocycles. The van der Waals surface area contributed by atoms with Gasteiger partial charge in [0.15, 0.2) is 5.82 Å². The van der Waals surface area contributed by atoms with E-state index in [9.17, 15) is 8.78 Å². The molecule has 102 valence electrons. The molecule has 0 saturated heterocycles. The Bertz CT molecular complexity index is 750. The van der Waals surface area contributed by atoms with E-state index in [-0.39, 0.29) is 0 Å². The van der Waals surface area contributed by atoms with Crippen molar-refractivity contribution in [2.45, 2.75) is 6.92 Å². The van der Waals surface area contributed by atoms with Gasteiger partial charge in [0.2, 0.25) is 0 Å². The van der Waals surface area contributed by atoms with Crippen molar-refractivity contribution in [3.8, 4) is 11.4 Å². The third-order valence-corrected chi connectivity index (χ3v) is 3.60. The molecule has 2 aromatic heterocycles. The molecule has 0 aliphatic heterocycles. The SMILES string of the molecule is CCNc1nc(-c2cc(F)cc(F)c2)nc2sccc12. The Balaban J connectivity index is 2.20. The highest BCUT2D eigenvalue weighted by Crippen LogP contribution is 2.28. The van der Waals surface area contributed by atoms with Gasteiger partial charge in [0.1, 0.15) is 22.3 Å². The van der Waals surface area contributed by atoms with Gasteiger partial charge in [0.25, 0.3) is 0 Å². The molecular weight excluding hydrogens is 280 g/mol. The summed E-state index contributed by atoms with van der Waals surface area (Å²) in [5, 5.41) is 5.97. The van der Waals surface area contributed by atoms with Gasteiger partial charge in [-0.25, -0.2) is 18.7 Å². The molecule has 2 heterocycles. The van der Waals surface area contributed by atoms with Gasteiger partial charge in [0.05, 0.1) is 5.39 Å². The maximum Gasteiger partial charge on any atom is 0.163 e. The van der Waals surface area contributed by atoms with Crippen molar-refractivity contribution in [2.24, 2.45) is 0 Å². The summed E-state index contributed by atoms with van der Waals surface area (Å²) in [6.45, 7) is 2.67. The average molecular weight is 291 g/mol. The summed E-state index contributed by atoms with van der Waals surface area (Å²) in [4.78, 5) is 9.52. The summed E-state index contributed by atoms with van der Waals surface area (Å²) in [6, 6.07) is 5.22. The standard InChI is InChI=1S/C14H11F2N3S/c1-2-17-13-11-3-4-20-14(11)19-12(18-13)8-5-9(15)7-10(16)6-8/h3-7H,2H2,1H3,(H,17,18,19). The van der Waals surface area contributed by atoms with E-state index in [2.05, 4.69) is 15.3 Å². The second-order valence-corrected chi connectivity index (χ2v) is 5.12. The minimum atomic E-state index is -0.639. The Morgan fingerprint density at radius 2 is 1.90 bits per heavy atom. The number of nitrogens with one attached hydrogen (secondary N) is 1. The summed E-state index contributed by atoms with van der Waals surface area (Å²) in [5.41, 5.74) is 0.331. The minimum Gasteiger partial charge on any atom is -0.370 e. The first-order chi connectivity index (χ1) is 9.67. The summed E-state index contributed by atoms with van der Waals surface area (Å²) in [5.74, 6) is -0.285. The van der Waals surface area contributed by atoms with Crippen LogP contribution in [0.15, 0.2) is 29.6 Å². The predicted molar refractivity (Wildman–Crippen MR) is 76.9 cm³/mol. The highest BCUT2D eigenvalue weighted by atomic mass is 32.1. The van der Waals surface area contributed by atoms with Crippen LogP contribution in [-0.4, -0.2) is 16.5 Å². The van der Waals surface area contributed by atoms with Crippen molar-refractivity contribution in [2.75, 3.05) is 11.9 Å². The van der Waals surface area contributed by atoms with Crippen LogP contribution in [0.25, 0.3) is 21.6 Å². The van der Waals surface area contributed by atoms with E-state index < -0.39 is 11.6 Å². The number of aromatic nitrogens is 2. The molecule has 1 N–H and O–H groups in total. The zero-order chi connectivity index (χ0) is 14.1. The van der Waals surface area contributed by atoms with E-state index >= 15 is 0 Å². The fraction of sp³-hybridized carbons (Fsp3) is 0.143. The van der Waals surface area contributed by atoms with Gasteiger partial charge in [0, 0.05) is 18.2 Å². The monoisotopic (exact) mass is 291 g/mol. The van der Waals surface area contributed by atoms with E-state index in [1.165, 1.54) is 23.5 Å². The molecule has 0 amide bonds. The van der Waals surface area contributed by atoms with E-state index in [4.69, 9.17) is 0 Å². The summed E-state index contributed by atoms with van der Waals surface area (Å²) in [6.07, 6.45) is 0. The van der Waals surface area contributed by atoms with Crippen LogP contribution in [0.2, 0.25) is 0 Å². The molecule has 3 aromatic rings. The van der Waals surface area contributed by atoms with Crippen molar-refractivity contribution >= 4 is 27.4 Å². The van der Waals surface area contributed by atoms with Crippen molar-refractivity contribution < 1.29 is 8.78 Å². The number of fused-ring (bicyclic) bond motifs is 1. The van der Waals surface area contributed by atoms with Gasteiger partial charge in [-0.2, -0.15) is 0 Å². The van der Waals surface area contributed by atoms with Crippen LogP contribution in [0.5, 0.6) is 0 Å². The zero-order valence-electron chi connectivity index (χ0n) is 10.7. The zero-order valence-corrected chi connectivity index (χ0v) is 11.5. The predicted octanol–water partition coefficient (Wildman–Crippen LogP) is 4.07. The van der Waals surface area contributed by atoms with Crippen LogP contribution in [0, 0.1) is 11.6 Å². The number of thiophene rings is 1. The van der Waals surface area contributed by atoms with E-state index in [1.807, 2.05) is 18.4 Å². The van der Waals surface area contributed by atoms with Crippen molar-refractivity contribution in [1.29, 1.82) is 0 Å². The van der Waals surface area contributed by atoms with Crippen molar-refractivity contribution in [3.63, 3.8) is 0 Å². The lowest BCUT2D eigenvalue weighted by atomic mass is 10.2. The summed E-state index contributed by atoms with van der Waals surface area (Å²) < 4.78 is 26.6. The van der Waals surface area contributed by atoms with Gasteiger partial charge in [-0.15, -0.1) is 11.3 Å². The van der Waals surface area contributed by atoms with E-state index in [1.54, 1.807) is 0 Å². The van der Waals surface area contributed by atoms with Crippen LogP contribution in [0.1, 0.15) is 6.92 Å². The first kappa shape index (κ1) is 12.9. The molecule has 1 aromatic carbocycles. The maximum absolute atomic E-state index is 13.3. The lowest BCUT2D eigenvalue weighted by Gasteiger charge is -2.07. The number of rotatable bonds is 3. The fourth-order valence-electron chi connectivity index (χ4n) is 1.97. The number of halogens is 2. The van der Waals surface area contributed by atoms with Crippen molar-refractivity contribution in [1.82, 2.24) is 9.97 Å². The van der Waals surface area contributed by atoms with E-state index in [0.717, 1.165) is 16.3 Å². The molecule has 0 aliphatic rings. The lowest BCUT2D eigenvalue weighted by molar-refractivity contribution is 0.584. The molecular formula is C14H11F2N3S. The van der Waals surface area contributed by atoms with Crippen LogP contribution in [0.3, 0.4) is 0 Å². The van der Waals surface area contributed by atoms with Crippen LogP contribution in [-0.2, 0) is 0 Å². The van der Waals surface area contributed by atoms with Gasteiger partial charge in [-0.3, -0.25) is 0 Å². The van der Waals surface area contributed by atoms with Crippen LogP contribution in [0.4, 0.5) is 14.6 Å². The number of hydrogen-bond acceptors (Lipinski definition) is 4. The molecule has 0 saturated carbocycles. The Morgan fingerprint density at radius 1 is 1.15 bits per heavy atom. The molecule has 3 rings (SSSR count). The second kappa shape index (κ2) is 5.13. The fourth-order valence-corrected chi connectivity index (χ4v) is 2.73. The molecule has 0 fully saturated rings. The topological polar surface area (TPSA) is 37.8 Å². The molecule has 20 heavy (non-hydrogen) atoms. The first-order valence-electron chi connectivity index (χ1n) is 6.13. The molecule has 0 bridgehead atoms. The van der Waals surface area contributed by atoms with Gasteiger partial charge in [-0.1, -0.05) is 0 Å². The number of benzene rings is 1. The Hall–Kier alpha value is -2.08. The molecule has 3 nitrogen and oxygen atoms in total. The highest BCUT2D eigenvalue weighted by Gasteiger charge is 2.11. The smallest absolute Gasteiger partial charge is 0.163 e. The normalized spacial score (nSPS) is 10.9. The Morgan fingerprint density at radius 3 is 2.60 bits per heavy atom. The average Bonchev–Trinajstić information content (AvgIpc) is 2.86. The van der Waals surface area contributed by atoms with Crippen LogP contribution < -0.4 is 5.32 Å². The van der Waals surface area contributed by atoms with Gasteiger partial charge in [-0.05, 0) is 30.5 Å².